The third kappa shape index (κ3) is 9.30. The number of nitrogens with one attached hydrogen (secondary N) is 2. The Morgan fingerprint density at radius 1 is 0.805 bits per heavy atom. The summed E-state index contributed by atoms with van der Waals surface area (Å²) in [4.78, 5) is 30.9. The van der Waals surface area contributed by atoms with E-state index >= 15 is 0 Å². The van der Waals surface area contributed by atoms with Crippen molar-refractivity contribution in [3.8, 4) is 0 Å². The first-order valence-corrected chi connectivity index (χ1v) is 15.5. The molecule has 216 valence electrons. The minimum Gasteiger partial charge on any atom is -0.348 e. The highest BCUT2D eigenvalue weighted by Crippen LogP contribution is 2.14. The molecular formula is C32H38N4O4S. The van der Waals surface area contributed by atoms with Gasteiger partial charge in [-0.1, -0.05) is 84.9 Å². The summed E-state index contributed by atoms with van der Waals surface area (Å²) < 4.78 is 25.9. The molecule has 3 aromatic rings. The molecule has 0 radical (unpaired) electrons. The van der Waals surface area contributed by atoms with Gasteiger partial charge in [0.2, 0.25) is 5.91 Å². The van der Waals surface area contributed by atoms with Crippen molar-refractivity contribution in [2.45, 2.75) is 36.2 Å². The second-order valence-corrected chi connectivity index (χ2v) is 12.1. The fourth-order valence-corrected chi connectivity index (χ4v) is 5.75. The predicted octanol–water partition coefficient (Wildman–Crippen LogP) is 3.66. The van der Waals surface area contributed by atoms with Gasteiger partial charge in [0.25, 0.3) is 0 Å². The van der Waals surface area contributed by atoms with Crippen LogP contribution in [0.4, 0.5) is 4.79 Å². The van der Waals surface area contributed by atoms with Gasteiger partial charge in [0.1, 0.15) is 6.04 Å². The lowest BCUT2D eigenvalue weighted by Crippen LogP contribution is -2.56. The first-order chi connectivity index (χ1) is 19.8. The van der Waals surface area contributed by atoms with E-state index in [4.69, 9.17) is 0 Å². The zero-order valence-corrected chi connectivity index (χ0v) is 24.2. The summed E-state index contributed by atoms with van der Waals surface area (Å²) in [5.41, 5.74) is 1.99. The van der Waals surface area contributed by atoms with E-state index in [1.165, 1.54) is 6.08 Å². The second kappa shape index (κ2) is 14.6. The number of piperazine rings is 1. The standard InChI is InChI=1S/C32H38N4O4S/c1-35-20-22-36(23-21-35)32(38)34-30(25-27-13-7-3-8-14-27)31(37)33-28(18-17-26-11-5-2-6-12-26)19-24-41(39,40)29-15-9-4-10-16-29/h2-16,19,24,28,30H,17-18,20-23,25H2,1H3,(H,33,37)(H,34,38)/b24-19-. The number of carbonyl (C=O) groups excluding carboxylic acids is 2. The molecule has 2 N–H and O–H groups in total. The van der Waals surface area contributed by atoms with Gasteiger partial charge in [-0.15, -0.1) is 0 Å². The molecule has 41 heavy (non-hydrogen) atoms. The van der Waals surface area contributed by atoms with E-state index < -0.39 is 21.9 Å². The third-order valence-corrected chi connectivity index (χ3v) is 8.61. The van der Waals surface area contributed by atoms with Gasteiger partial charge in [-0.2, -0.15) is 0 Å². The number of carbonyl (C=O) groups is 2. The SMILES string of the molecule is CN1CCN(C(=O)NC(Cc2ccccc2)C(=O)NC(/C=C\S(=O)(=O)c2ccccc2)CCc2ccccc2)CC1. The van der Waals surface area contributed by atoms with Crippen molar-refractivity contribution in [3.63, 3.8) is 0 Å². The molecule has 9 heteroatoms. The Bertz CT molecular complexity index is 1390. The Balaban J connectivity index is 1.52. The topological polar surface area (TPSA) is 98.8 Å². The minimum atomic E-state index is -3.69. The Morgan fingerprint density at radius 3 is 1.98 bits per heavy atom. The van der Waals surface area contributed by atoms with Crippen molar-refractivity contribution in [1.29, 1.82) is 0 Å². The maximum atomic E-state index is 13.7. The maximum absolute atomic E-state index is 13.7. The van der Waals surface area contributed by atoms with Crippen molar-refractivity contribution < 1.29 is 18.0 Å². The van der Waals surface area contributed by atoms with Crippen LogP contribution >= 0.6 is 0 Å². The molecule has 0 aliphatic carbocycles. The molecular weight excluding hydrogens is 536 g/mol. The molecule has 3 aromatic carbocycles. The first-order valence-electron chi connectivity index (χ1n) is 13.9. The summed E-state index contributed by atoms with van der Waals surface area (Å²) in [5.74, 6) is -0.365. The molecule has 1 aliphatic heterocycles. The van der Waals surface area contributed by atoms with E-state index in [9.17, 15) is 18.0 Å². The van der Waals surface area contributed by atoms with Crippen LogP contribution in [0.3, 0.4) is 0 Å². The first kappa shape index (κ1) is 30.0. The number of likely N-dealkylation sites (N-methyl/N-ethyl adjacent to an activating group) is 1. The normalized spacial score (nSPS) is 15.8. The zero-order chi connectivity index (χ0) is 29.1. The molecule has 2 unspecified atom stereocenters. The van der Waals surface area contributed by atoms with Gasteiger partial charge in [-0.3, -0.25) is 4.79 Å². The van der Waals surface area contributed by atoms with Crippen molar-refractivity contribution in [1.82, 2.24) is 20.4 Å². The zero-order valence-electron chi connectivity index (χ0n) is 23.4. The number of benzene rings is 3. The lowest BCUT2D eigenvalue weighted by atomic mass is 10.0. The number of sulfone groups is 1. The fraction of sp³-hybridized carbons (Fsp3) is 0.312. The van der Waals surface area contributed by atoms with E-state index in [1.807, 2.05) is 67.7 Å². The number of amides is 3. The number of hydrogen-bond acceptors (Lipinski definition) is 5. The van der Waals surface area contributed by atoms with E-state index in [0.717, 1.165) is 29.6 Å². The summed E-state index contributed by atoms with van der Waals surface area (Å²) in [7, 11) is -1.68. The van der Waals surface area contributed by atoms with Crippen LogP contribution in [0.1, 0.15) is 17.5 Å². The molecule has 1 fully saturated rings. The van der Waals surface area contributed by atoms with Gasteiger partial charge in [0.05, 0.1) is 4.90 Å². The van der Waals surface area contributed by atoms with Crippen LogP contribution in [0, 0.1) is 0 Å². The highest BCUT2D eigenvalue weighted by atomic mass is 32.2. The summed E-state index contributed by atoms with van der Waals surface area (Å²) >= 11 is 0. The van der Waals surface area contributed by atoms with Crippen LogP contribution < -0.4 is 10.6 Å². The number of aryl methyl sites for hydroxylation is 1. The monoisotopic (exact) mass is 574 g/mol. The predicted molar refractivity (Wildman–Crippen MR) is 161 cm³/mol. The van der Waals surface area contributed by atoms with Crippen LogP contribution in [0.25, 0.3) is 0 Å². The molecule has 0 aromatic heterocycles. The van der Waals surface area contributed by atoms with Crippen molar-refractivity contribution in [2.24, 2.45) is 0 Å². The Kier molecular flexibility index (Phi) is 10.7. The number of hydrogen-bond donors (Lipinski definition) is 2. The van der Waals surface area contributed by atoms with Gasteiger partial charge in [-0.05, 0) is 43.1 Å². The molecule has 2 atom stereocenters. The number of urea groups is 1. The van der Waals surface area contributed by atoms with E-state index in [1.54, 1.807) is 35.2 Å². The lowest BCUT2D eigenvalue weighted by molar-refractivity contribution is -0.123. The minimum absolute atomic E-state index is 0.186. The fourth-order valence-electron chi connectivity index (χ4n) is 4.66. The molecule has 1 saturated heterocycles. The largest absolute Gasteiger partial charge is 0.348 e. The smallest absolute Gasteiger partial charge is 0.318 e. The van der Waals surface area contributed by atoms with Gasteiger partial charge >= 0.3 is 6.03 Å². The van der Waals surface area contributed by atoms with Crippen LogP contribution in [-0.4, -0.2) is 75.5 Å². The van der Waals surface area contributed by atoms with Crippen LogP contribution in [0.15, 0.2) is 107 Å². The summed E-state index contributed by atoms with van der Waals surface area (Å²) in [6, 6.07) is 25.9. The molecule has 1 aliphatic rings. The summed E-state index contributed by atoms with van der Waals surface area (Å²) in [6.07, 6.45) is 2.97. The number of rotatable bonds is 11. The highest BCUT2D eigenvalue weighted by molar-refractivity contribution is 7.94. The van der Waals surface area contributed by atoms with Gasteiger partial charge < -0.3 is 20.4 Å². The van der Waals surface area contributed by atoms with Crippen LogP contribution in [-0.2, 0) is 27.5 Å². The summed E-state index contributed by atoms with van der Waals surface area (Å²) in [6.45, 7) is 2.71. The lowest BCUT2D eigenvalue weighted by Gasteiger charge is -2.33. The molecule has 8 nitrogen and oxygen atoms in total. The van der Waals surface area contributed by atoms with E-state index in [0.29, 0.717) is 32.4 Å². The van der Waals surface area contributed by atoms with Gasteiger partial charge in [0.15, 0.2) is 9.84 Å². The maximum Gasteiger partial charge on any atom is 0.318 e. The third-order valence-electron chi connectivity index (χ3n) is 7.16. The van der Waals surface area contributed by atoms with Crippen molar-refractivity contribution in [2.75, 3.05) is 33.2 Å². The molecule has 3 amide bonds. The second-order valence-electron chi connectivity index (χ2n) is 10.3. The van der Waals surface area contributed by atoms with Crippen molar-refractivity contribution in [3.05, 3.63) is 114 Å². The Labute approximate surface area is 243 Å². The molecule has 0 spiro atoms. The molecule has 0 bridgehead atoms. The average molecular weight is 575 g/mol. The van der Waals surface area contributed by atoms with Crippen molar-refractivity contribution >= 4 is 21.8 Å². The molecule has 0 saturated carbocycles. The van der Waals surface area contributed by atoms with E-state index in [2.05, 4.69) is 15.5 Å². The highest BCUT2D eigenvalue weighted by Gasteiger charge is 2.27. The van der Waals surface area contributed by atoms with Gasteiger partial charge in [0, 0.05) is 44.0 Å². The summed E-state index contributed by atoms with van der Waals surface area (Å²) in [5, 5.41) is 7.12. The molecule has 1 heterocycles. The van der Waals surface area contributed by atoms with Crippen LogP contribution in [0.5, 0.6) is 0 Å². The van der Waals surface area contributed by atoms with Gasteiger partial charge in [-0.25, -0.2) is 13.2 Å². The van der Waals surface area contributed by atoms with Crippen LogP contribution in [0.2, 0.25) is 0 Å². The Hall–Kier alpha value is -3.95. The quantitative estimate of drug-likeness (QED) is 0.364. The number of nitrogens with zero attached hydrogens (tertiary/aromatic N) is 2. The Morgan fingerprint density at radius 2 is 1.37 bits per heavy atom. The molecule has 4 rings (SSSR count). The average Bonchev–Trinajstić information content (AvgIpc) is 3.00. The van der Waals surface area contributed by atoms with E-state index in [-0.39, 0.29) is 16.8 Å².